The second-order valence-electron chi connectivity index (χ2n) is 13.8. The van der Waals surface area contributed by atoms with Gasteiger partial charge in [0.2, 0.25) is 0 Å². The van der Waals surface area contributed by atoms with Crippen LogP contribution in [0.1, 0.15) is 213 Å². The summed E-state index contributed by atoms with van der Waals surface area (Å²) < 4.78 is 6.02. The molecule has 0 heterocycles. The molecule has 0 aliphatic carbocycles. The summed E-state index contributed by atoms with van der Waals surface area (Å²) in [4.78, 5) is 23.3. The highest BCUT2D eigenvalue weighted by Crippen LogP contribution is 2.19. The molecule has 4 nitrogen and oxygen atoms in total. The van der Waals surface area contributed by atoms with Crippen molar-refractivity contribution in [2.75, 3.05) is 0 Å². The van der Waals surface area contributed by atoms with Gasteiger partial charge in [0.25, 0.3) is 0 Å². The van der Waals surface area contributed by atoms with Crippen LogP contribution in [0, 0.1) is 0 Å². The Morgan fingerprint density at radius 3 is 1.29 bits per heavy atom. The summed E-state index contributed by atoms with van der Waals surface area (Å²) in [6, 6.07) is 0. The number of aliphatic carboxylic acids is 1. The Morgan fingerprint density at radius 1 is 0.458 bits per heavy atom. The number of esters is 1. The van der Waals surface area contributed by atoms with Crippen molar-refractivity contribution >= 4 is 11.9 Å². The zero-order valence-corrected chi connectivity index (χ0v) is 31.8. The van der Waals surface area contributed by atoms with Gasteiger partial charge in [-0.2, -0.15) is 0 Å². The van der Waals surface area contributed by atoms with Crippen molar-refractivity contribution in [1.82, 2.24) is 0 Å². The van der Waals surface area contributed by atoms with Crippen molar-refractivity contribution in [3.63, 3.8) is 0 Å². The molecule has 0 aromatic rings. The fourth-order valence-electron chi connectivity index (χ4n) is 5.99. The van der Waals surface area contributed by atoms with E-state index in [1.54, 1.807) is 0 Å². The molecule has 0 saturated carbocycles. The predicted octanol–water partition coefficient (Wildman–Crippen LogP) is 14.3. The first kappa shape index (κ1) is 45.9. The topological polar surface area (TPSA) is 63.6 Å². The van der Waals surface area contributed by atoms with Crippen LogP contribution >= 0.6 is 0 Å². The normalized spacial score (nSPS) is 12.7. The average molecular weight is 671 g/mol. The molecule has 0 fully saturated rings. The number of allylic oxidation sites excluding steroid dienone is 8. The lowest BCUT2D eigenvalue weighted by atomic mass is 10.0. The van der Waals surface area contributed by atoms with E-state index in [1.165, 1.54) is 96.3 Å². The first-order valence-electron chi connectivity index (χ1n) is 20.6. The number of hydrogen-bond donors (Lipinski definition) is 1. The molecule has 0 radical (unpaired) electrons. The minimum Gasteiger partial charge on any atom is -0.481 e. The number of carboxylic acids is 1. The summed E-state index contributed by atoms with van der Waals surface area (Å²) >= 11 is 0. The van der Waals surface area contributed by atoms with E-state index in [4.69, 9.17) is 9.84 Å². The van der Waals surface area contributed by atoms with Crippen LogP contribution in [-0.2, 0) is 14.3 Å². The maximum Gasteiger partial charge on any atom is 0.306 e. The second kappa shape index (κ2) is 39.3. The van der Waals surface area contributed by atoms with E-state index in [9.17, 15) is 9.59 Å². The highest BCUT2D eigenvalue weighted by molar-refractivity contribution is 5.69. The summed E-state index contributed by atoms with van der Waals surface area (Å²) in [7, 11) is 0. The molecule has 0 aliphatic rings. The van der Waals surface area contributed by atoms with E-state index in [0.29, 0.717) is 12.8 Å². The van der Waals surface area contributed by atoms with E-state index in [1.807, 2.05) is 0 Å². The number of ether oxygens (including phenoxy) is 1. The smallest absolute Gasteiger partial charge is 0.306 e. The highest BCUT2D eigenvalue weighted by Gasteiger charge is 2.14. The maximum absolute atomic E-state index is 12.7. The van der Waals surface area contributed by atoms with Crippen molar-refractivity contribution in [3.05, 3.63) is 48.6 Å². The fourth-order valence-corrected chi connectivity index (χ4v) is 5.99. The second-order valence-corrected chi connectivity index (χ2v) is 13.8. The van der Waals surface area contributed by atoms with Gasteiger partial charge in [-0.15, -0.1) is 0 Å². The van der Waals surface area contributed by atoms with Crippen molar-refractivity contribution in [1.29, 1.82) is 0 Å². The molecular weight excluding hydrogens is 592 g/mol. The van der Waals surface area contributed by atoms with Crippen LogP contribution in [-0.4, -0.2) is 23.1 Å². The molecule has 1 N–H and O–H groups in total. The molecule has 0 aliphatic heterocycles. The van der Waals surface area contributed by atoms with Gasteiger partial charge in [-0.25, -0.2) is 0 Å². The lowest BCUT2D eigenvalue weighted by molar-refractivity contribution is -0.150. The van der Waals surface area contributed by atoms with Gasteiger partial charge in [-0.1, -0.05) is 165 Å². The Hall–Kier alpha value is -2.10. The first-order chi connectivity index (χ1) is 23.6. The van der Waals surface area contributed by atoms with Crippen LogP contribution in [0.2, 0.25) is 0 Å². The Labute approximate surface area is 298 Å². The number of carboxylic acid groups (broad SMARTS) is 1. The third kappa shape index (κ3) is 38.3. The molecule has 0 spiro atoms. The Morgan fingerprint density at radius 2 is 0.812 bits per heavy atom. The third-order valence-corrected chi connectivity index (χ3v) is 9.05. The van der Waals surface area contributed by atoms with Crippen molar-refractivity contribution in [2.24, 2.45) is 0 Å². The zero-order chi connectivity index (χ0) is 35.0. The molecule has 4 heteroatoms. The lowest BCUT2D eigenvalue weighted by Gasteiger charge is -2.18. The molecule has 1 unspecified atom stereocenters. The average Bonchev–Trinajstić information content (AvgIpc) is 3.07. The van der Waals surface area contributed by atoms with Gasteiger partial charge < -0.3 is 9.84 Å². The lowest BCUT2D eigenvalue weighted by Crippen LogP contribution is -2.18. The number of carbonyl (C=O) groups excluding carboxylic acids is 1. The van der Waals surface area contributed by atoms with Gasteiger partial charge >= 0.3 is 11.9 Å². The molecular formula is C44H78O4. The van der Waals surface area contributed by atoms with Gasteiger partial charge in [0.05, 0.1) is 0 Å². The molecule has 278 valence electrons. The van der Waals surface area contributed by atoms with Crippen LogP contribution < -0.4 is 0 Å². The van der Waals surface area contributed by atoms with Gasteiger partial charge in [0.15, 0.2) is 0 Å². The highest BCUT2D eigenvalue weighted by atomic mass is 16.5. The number of rotatable bonds is 37. The molecule has 48 heavy (non-hydrogen) atoms. The molecule has 0 aromatic carbocycles. The minimum absolute atomic E-state index is 0.00125. The predicted molar refractivity (Wildman–Crippen MR) is 209 cm³/mol. The van der Waals surface area contributed by atoms with Crippen molar-refractivity contribution < 1.29 is 19.4 Å². The summed E-state index contributed by atoms with van der Waals surface area (Å²) in [5.74, 6) is -0.686. The number of hydrogen-bond acceptors (Lipinski definition) is 3. The van der Waals surface area contributed by atoms with Crippen molar-refractivity contribution in [2.45, 2.75) is 219 Å². The summed E-state index contributed by atoms with van der Waals surface area (Å²) in [6.07, 6.45) is 52.8. The van der Waals surface area contributed by atoms with Crippen LogP contribution in [0.15, 0.2) is 48.6 Å². The molecule has 0 bridgehead atoms. The van der Waals surface area contributed by atoms with E-state index >= 15 is 0 Å². The Balaban J connectivity index is 4.08. The van der Waals surface area contributed by atoms with E-state index in [0.717, 1.165) is 89.9 Å². The molecule has 0 aromatic heterocycles. The summed E-state index contributed by atoms with van der Waals surface area (Å²) in [6.45, 7) is 4.51. The molecule has 0 amide bonds. The quantitative estimate of drug-likeness (QED) is 0.0406. The van der Waals surface area contributed by atoms with Gasteiger partial charge in [-0.05, 0) is 83.5 Å². The molecule has 0 saturated heterocycles. The third-order valence-electron chi connectivity index (χ3n) is 9.05. The largest absolute Gasteiger partial charge is 0.481 e. The minimum atomic E-state index is -0.685. The van der Waals surface area contributed by atoms with Crippen LogP contribution in [0.5, 0.6) is 0 Å². The van der Waals surface area contributed by atoms with Crippen molar-refractivity contribution in [3.8, 4) is 0 Å². The Kier molecular flexibility index (Phi) is 37.6. The molecule has 1 atom stereocenters. The van der Waals surface area contributed by atoms with E-state index in [-0.39, 0.29) is 12.1 Å². The zero-order valence-electron chi connectivity index (χ0n) is 31.8. The van der Waals surface area contributed by atoms with Gasteiger partial charge in [0.1, 0.15) is 6.10 Å². The maximum atomic E-state index is 12.7. The van der Waals surface area contributed by atoms with Crippen LogP contribution in [0.25, 0.3) is 0 Å². The fraction of sp³-hybridized carbons (Fsp3) is 0.773. The Bertz CT molecular complexity index is 809. The standard InChI is InChI=1S/C44H78O4/c1-3-5-7-9-11-13-14-15-16-17-18-19-20-21-22-23-29-33-37-41-44(47)48-42(38-34-30-26-12-10-8-6-4-2)39-35-31-27-24-25-28-32-36-40-43(45)46/h11,13,15-16,18-19,21-22,42H,3-10,12,14,17,20,23-41H2,1-2H3,(H,45,46)/b13-11-,16-15-,19-18-,22-21-. The first-order valence-corrected chi connectivity index (χ1v) is 20.6. The van der Waals surface area contributed by atoms with E-state index in [2.05, 4.69) is 62.5 Å². The van der Waals surface area contributed by atoms with Crippen LogP contribution in [0.4, 0.5) is 0 Å². The van der Waals surface area contributed by atoms with Gasteiger partial charge in [0, 0.05) is 12.8 Å². The van der Waals surface area contributed by atoms with Gasteiger partial charge in [-0.3, -0.25) is 9.59 Å². The monoisotopic (exact) mass is 671 g/mol. The van der Waals surface area contributed by atoms with E-state index < -0.39 is 5.97 Å². The SMILES string of the molecule is CCCCC/C=C\C/C=C\C/C=C\C/C=C\CCCCCC(=O)OC(CCCCCCCCCC)CCCCCCCCCCC(=O)O. The van der Waals surface area contributed by atoms with Crippen LogP contribution in [0.3, 0.4) is 0 Å². The summed E-state index contributed by atoms with van der Waals surface area (Å²) in [5, 5.41) is 8.75. The number of carbonyl (C=O) groups is 2. The number of unbranched alkanes of at least 4 members (excludes halogenated alkanes) is 20. The summed E-state index contributed by atoms with van der Waals surface area (Å²) in [5.41, 5.74) is 0. The molecule has 0 rings (SSSR count).